The van der Waals surface area contributed by atoms with E-state index in [1.54, 1.807) is 0 Å². The molecule has 1 aliphatic carbocycles. The molecule has 0 heterocycles. The predicted molar refractivity (Wildman–Crippen MR) is 78.4 cm³/mol. The lowest BCUT2D eigenvalue weighted by Gasteiger charge is -2.22. The van der Waals surface area contributed by atoms with Gasteiger partial charge in [0.25, 0.3) is 0 Å². The average Bonchev–Trinajstić information content (AvgIpc) is 2.38. The molecule has 0 spiro atoms. The van der Waals surface area contributed by atoms with E-state index in [0.717, 1.165) is 12.0 Å². The standard InChI is InChI=1S/C18H16/c1-13(2)11-15-12-14-7-3-4-8-16(14)18-10-6-5-9-17(15)18/h3-11H,1,12H2,2H3/b15-11+. The number of rotatable bonds is 1. The van der Waals surface area contributed by atoms with Gasteiger partial charge in [0.2, 0.25) is 0 Å². The van der Waals surface area contributed by atoms with Gasteiger partial charge in [-0.2, -0.15) is 0 Å². The largest absolute Gasteiger partial charge is 0.0961 e. The van der Waals surface area contributed by atoms with E-state index in [4.69, 9.17) is 0 Å². The topological polar surface area (TPSA) is 0 Å². The highest BCUT2D eigenvalue weighted by atomic mass is 14.2. The second-order valence-electron chi connectivity index (χ2n) is 4.90. The van der Waals surface area contributed by atoms with Crippen molar-refractivity contribution in [2.75, 3.05) is 0 Å². The van der Waals surface area contributed by atoms with E-state index in [0.29, 0.717) is 0 Å². The smallest absolute Gasteiger partial charge is 0.00134 e. The van der Waals surface area contributed by atoms with Crippen LogP contribution in [0.25, 0.3) is 16.7 Å². The van der Waals surface area contributed by atoms with Crippen LogP contribution in [0.1, 0.15) is 18.1 Å². The molecular weight excluding hydrogens is 216 g/mol. The van der Waals surface area contributed by atoms with Gasteiger partial charge in [-0.1, -0.05) is 66.8 Å². The van der Waals surface area contributed by atoms with Gasteiger partial charge in [-0.05, 0) is 41.2 Å². The molecule has 0 aromatic heterocycles. The van der Waals surface area contributed by atoms with Crippen molar-refractivity contribution in [2.45, 2.75) is 13.3 Å². The zero-order valence-electron chi connectivity index (χ0n) is 10.6. The van der Waals surface area contributed by atoms with Gasteiger partial charge in [0.05, 0.1) is 0 Å². The van der Waals surface area contributed by atoms with Crippen LogP contribution in [0, 0.1) is 0 Å². The molecule has 0 nitrogen and oxygen atoms in total. The van der Waals surface area contributed by atoms with Gasteiger partial charge in [0.1, 0.15) is 0 Å². The molecule has 0 unspecified atom stereocenters. The molecule has 0 bridgehead atoms. The van der Waals surface area contributed by atoms with Gasteiger partial charge in [-0.15, -0.1) is 0 Å². The third-order valence-electron chi connectivity index (χ3n) is 3.38. The quantitative estimate of drug-likeness (QED) is 0.658. The fraction of sp³-hybridized carbons (Fsp3) is 0.111. The second-order valence-corrected chi connectivity index (χ2v) is 4.90. The first kappa shape index (κ1) is 11.0. The molecule has 0 N–H and O–H groups in total. The highest BCUT2D eigenvalue weighted by Gasteiger charge is 2.18. The van der Waals surface area contributed by atoms with Crippen molar-refractivity contribution in [2.24, 2.45) is 0 Å². The van der Waals surface area contributed by atoms with Gasteiger partial charge in [-0.25, -0.2) is 0 Å². The highest BCUT2D eigenvalue weighted by Crippen LogP contribution is 2.39. The summed E-state index contributed by atoms with van der Waals surface area (Å²) in [4.78, 5) is 0. The maximum absolute atomic E-state index is 4.00. The number of fused-ring (bicyclic) bond motifs is 3. The lowest BCUT2D eigenvalue weighted by atomic mass is 9.82. The predicted octanol–water partition coefficient (Wildman–Crippen LogP) is 4.87. The van der Waals surface area contributed by atoms with Gasteiger partial charge in [0.15, 0.2) is 0 Å². The number of hydrogen-bond donors (Lipinski definition) is 0. The summed E-state index contributed by atoms with van der Waals surface area (Å²) in [6, 6.07) is 17.3. The van der Waals surface area contributed by atoms with Crippen LogP contribution in [0.2, 0.25) is 0 Å². The molecule has 18 heavy (non-hydrogen) atoms. The molecule has 3 rings (SSSR count). The lowest BCUT2D eigenvalue weighted by Crippen LogP contribution is -2.03. The van der Waals surface area contributed by atoms with Crippen LogP contribution in [0.5, 0.6) is 0 Å². The van der Waals surface area contributed by atoms with Crippen LogP contribution in [-0.4, -0.2) is 0 Å². The van der Waals surface area contributed by atoms with E-state index in [9.17, 15) is 0 Å². The molecule has 0 amide bonds. The molecule has 2 aromatic carbocycles. The molecule has 0 aliphatic heterocycles. The Morgan fingerprint density at radius 3 is 2.28 bits per heavy atom. The Kier molecular flexibility index (Phi) is 2.64. The first-order chi connectivity index (χ1) is 8.75. The van der Waals surface area contributed by atoms with Crippen molar-refractivity contribution < 1.29 is 0 Å². The molecule has 0 fully saturated rings. The van der Waals surface area contributed by atoms with Crippen LogP contribution >= 0.6 is 0 Å². The highest BCUT2D eigenvalue weighted by molar-refractivity contribution is 5.89. The van der Waals surface area contributed by atoms with E-state index in [2.05, 4.69) is 68.1 Å². The minimum Gasteiger partial charge on any atom is -0.0961 e. The van der Waals surface area contributed by atoms with Crippen LogP contribution in [-0.2, 0) is 6.42 Å². The molecular formula is C18H16. The third kappa shape index (κ3) is 1.80. The summed E-state index contributed by atoms with van der Waals surface area (Å²) in [5.74, 6) is 0. The minimum absolute atomic E-state index is 1.00. The summed E-state index contributed by atoms with van der Waals surface area (Å²) in [6.45, 7) is 6.05. The summed E-state index contributed by atoms with van der Waals surface area (Å²) in [5.41, 5.74) is 7.94. The molecule has 0 heteroatoms. The molecule has 2 aromatic rings. The van der Waals surface area contributed by atoms with Crippen molar-refractivity contribution in [3.8, 4) is 11.1 Å². The number of hydrogen-bond acceptors (Lipinski definition) is 0. The van der Waals surface area contributed by atoms with Crippen LogP contribution < -0.4 is 0 Å². The van der Waals surface area contributed by atoms with E-state index in [1.807, 2.05) is 0 Å². The van der Waals surface area contributed by atoms with Crippen molar-refractivity contribution >= 4 is 5.57 Å². The lowest BCUT2D eigenvalue weighted by molar-refractivity contribution is 1.24. The van der Waals surface area contributed by atoms with Crippen molar-refractivity contribution in [3.05, 3.63) is 77.9 Å². The monoisotopic (exact) mass is 232 g/mol. The maximum atomic E-state index is 4.00. The Morgan fingerprint density at radius 1 is 0.944 bits per heavy atom. The Labute approximate surface area is 108 Å². The normalized spacial score (nSPS) is 15.1. The molecule has 88 valence electrons. The fourth-order valence-electron chi connectivity index (χ4n) is 2.66. The van der Waals surface area contributed by atoms with Gasteiger partial charge < -0.3 is 0 Å². The molecule has 0 saturated heterocycles. The number of benzene rings is 2. The van der Waals surface area contributed by atoms with Crippen molar-refractivity contribution in [1.29, 1.82) is 0 Å². The Bertz CT molecular complexity index is 645. The third-order valence-corrected chi connectivity index (χ3v) is 3.38. The van der Waals surface area contributed by atoms with Gasteiger partial charge in [-0.3, -0.25) is 0 Å². The second kappa shape index (κ2) is 4.30. The Hall–Kier alpha value is -2.08. The maximum Gasteiger partial charge on any atom is -0.00134 e. The summed E-state index contributed by atoms with van der Waals surface area (Å²) in [5, 5.41) is 0. The van der Waals surface area contributed by atoms with Crippen molar-refractivity contribution in [3.63, 3.8) is 0 Å². The van der Waals surface area contributed by atoms with Gasteiger partial charge in [0, 0.05) is 0 Å². The molecule has 0 saturated carbocycles. The number of allylic oxidation sites excluding steroid dienone is 3. The molecule has 0 atom stereocenters. The Morgan fingerprint density at radius 2 is 1.56 bits per heavy atom. The van der Waals surface area contributed by atoms with Crippen molar-refractivity contribution in [1.82, 2.24) is 0 Å². The SMILES string of the molecule is C=C(C)/C=C1\Cc2ccccc2-c2ccccc21. The fourth-order valence-corrected chi connectivity index (χ4v) is 2.66. The molecule has 1 aliphatic rings. The summed E-state index contributed by atoms with van der Waals surface area (Å²) >= 11 is 0. The van der Waals surface area contributed by atoms with E-state index < -0.39 is 0 Å². The first-order valence-electron chi connectivity index (χ1n) is 6.29. The Balaban J connectivity index is 2.26. The summed E-state index contributed by atoms with van der Waals surface area (Å²) in [7, 11) is 0. The van der Waals surface area contributed by atoms with Crippen LogP contribution in [0.4, 0.5) is 0 Å². The van der Waals surface area contributed by atoms with E-state index in [1.165, 1.54) is 27.8 Å². The summed E-state index contributed by atoms with van der Waals surface area (Å²) in [6.07, 6.45) is 3.20. The summed E-state index contributed by atoms with van der Waals surface area (Å²) < 4.78 is 0. The zero-order chi connectivity index (χ0) is 12.5. The molecule has 0 radical (unpaired) electrons. The zero-order valence-corrected chi connectivity index (χ0v) is 10.6. The first-order valence-corrected chi connectivity index (χ1v) is 6.29. The average molecular weight is 232 g/mol. The van der Waals surface area contributed by atoms with Crippen LogP contribution in [0.3, 0.4) is 0 Å². The van der Waals surface area contributed by atoms with Gasteiger partial charge >= 0.3 is 0 Å². The van der Waals surface area contributed by atoms with E-state index in [-0.39, 0.29) is 0 Å². The minimum atomic E-state index is 1.00. The van der Waals surface area contributed by atoms with E-state index >= 15 is 0 Å². The van der Waals surface area contributed by atoms with Crippen LogP contribution in [0.15, 0.2) is 66.8 Å².